The van der Waals surface area contributed by atoms with Crippen LogP contribution in [0.4, 0.5) is 5.69 Å². The average molecular weight is 284 g/mol. The maximum atomic E-state index is 12.1. The van der Waals surface area contributed by atoms with Crippen LogP contribution in [0, 0.1) is 6.92 Å². The molecule has 1 aromatic carbocycles. The summed E-state index contributed by atoms with van der Waals surface area (Å²) in [6.45, 7) is 1.93. The number of benzene rings is 1. The van der Waals surface area contributed by atoms with Gasteiger partial charge in [-0.15, -0.1) is 11.3 Å². The van der Waals surface area contributed by atoms with E-state index in [1.54, 1.807) is 11.0 Å². The Balaban J connectivity index is 1.76. The molecule has 2 aromatic heterocycles. The van der Waals surface area contributed by atoms with Crippen molar-refractivity contribution in [2.75, 3.05) is 5.32 Å². The van der Waals surface area contributed by atoms with E-state index in [1.165, 1.54) is 17.7 Å². The van der Waals surface area contributed by atoms with Gasteiger partial charge in [0.15, 0.2) is 0 Å². The van der Waals surface area contributed by atoms with Gasteiger partial charge >= 0.3 is 0 Å². The van der Waals surface area contributed by atoms with Crippen molar-refractivity contribution in [3.05, 3.63) is 58.8 Å². The summed E-state index contributed by atoms with van der Waals surface area (Å²) in [6.07, 6.45) is 3.11. The summed E-state index contributed by atoms with van der Waals surface area (Å²) in [5.74, 6) is -0.0778. The first kappa shape index (κ1) is 12.6. The summed E-state index contributed by atoms with van der Waals surface area (Å²) in [7, 11) is 0. The van der Waals surface area contributed by atoms with Gasteiger partial charge in [-0.1, -0.05) is 0 Å². The lowest BCUT2D eigenvalue weighted by Crippen LogP contribution is -2.11. The summed E-state index contributed by atoms with van der Waals surface area (Å²) in [5.41, 5.74) is 2.64. The zero-order chi connectivity index (χ0) is 13.9. The van der Waals surface area contributed by atoms with E-state index in [1.807, 2.05) is 42.6 Å². The molecule has 0 aliphatic carbocycles. The Labute approximate surface area is 119 Å². The van der Waals surface area contributed by atoms with Gasteiger partial charge in [0, 0.05) is 5.69 Å². The van der Waals surface area contributed by atoms with Gasteiger partial charge in [-0.3, -0.25) is 4.79 Å². The van der Waals surface area contributed by atoms with Crippen LogP contribution in [0.5, 0.6) is 0 Å². The molecule has 0 saturated heterocycles. The Morgan fingerprint density at radius 2 is 2.05 bits per heavy atom. The number of amides is 1. The van der Waals surface area contributed by atoms with Crippen LogP contribution in [0.15, 0.2) is 48.4 Å². The fourth-order valence-corrected chi connectivity index (χ4v) is 2.65. The number of carbonyl (C=O) groups excluding carboxylic acids is 1. The minimum absolute atomic E-state index is 0.0778. The van der Waals surface area contributed by atoms with Crippen molar-refractivity contribution >= 4 is 22.9 Å². The van der Waals surface area contributed by atoms with Crippen molar-refractivity contribution in [2.45, 2.75) is 6.92 Å². The van der Waals surface area contributed by atoms with E-state index >= 15 is 0 Å². The van der Waals surface area contributed by atoms with Gasteiger partial charge in [0.1, 0.15) is 12.7 Å². The molecule has 3 aromatic rings. The lowest BCUT2D eigenvalue weighted by molar-refractivity contribution is 0.103. The van der Waals surface area contributed by atoms with Crippen molar-refractivity contribution in [3.63, 3.8) is 0 Å². The Kier molecular flexibility index (Phi) is 3.30. The smallest absolute Gasteiger partial charge is 0.265 e. The highest BCUT2D eigenvalue weighted by atomic mass is 32.1. The largest absolute Gasteiger partial charge is 0.321 e. The number of rotatable bonds is 3. The molecule has 0 aliphatic heterocycles. The number of thiophene rings is 1. The number of aryl methyl sites for hydroxylation is 1. The van der Waals surface area contributed by atoms with Crippen LogP contribution in [-0.2, 0) is 0 Å². The molecule has 0 radical (unpaired) electrons. The van der Waals surface area contributed by atoms with Crippen molar-refractivity contribution in [3.8, 4) is 5.69 Å². The van der Waals surface area contributed by atoms with Gasteiger partial charge in [-0.05, 0) is 48.2 Å². The Morgan fingerprint density at radius 3 is 2.65 bits per heavy atom. The van der Waals surface area contributed by atoms with Gasteiger partial charge < -0.3 is 5.32 Å². The van der Waals surface area contributed by atoms with Gasteiger partial charge in [0.25, 0.3) is 5.91 Å². The van der Waals surface area contributed by atoms with Crippen molar-refractivity contribution < 1.29 is 4.79 Å². The summed E-state index contributed by atoms with van der Waals surface area (Å²) in [5, 5.41) is 8.85. The zero-order valence-electron chi connectivity index (χ0n) is 10.8. The van der Waals surface area contributed by atoms with E-state index < -0.39 is 0 Å². The molecule has 3 rings (SSSR count). The average Bonchev–Trinajstić information content (AvgIpc) is 3.10. The molecular formula is C14H12N4OS. The lowest BCUT2D eigenvalue weighted by Gasteiger charge is -2.06. The standard InChI is InChI=1S/C14H12N4OS/c1-10-6-7-20-13(10)14(19)17-11-2-4-12(5-3-11)18-9-15-8-16-18/h2-9H,1H3,(H,17,19). The van der Waals surface area contributed by atoms with E-state index in [0.717, 1.165) is 21.8 Å². The number of aromatic nitrogens is 3. The number of anilines is 1. The number of hydrogen-bond donors (Lipinski definition) is 1. The molecular weight excluding hydrogens is 272 g/mol. The molecule has 2 heterocycles. The first-order valence-corrected chi connectivity index (χ1v) is 6.92. The van der Waals surface area contributed by atoms with Crippen molar-refractivity contribution in [1.29, 1.82) is 0 Å². The quantitative estimate of drug-likeness (QED) is 0.804. The molecule has 1 amide bonds. The predicted octanol–water partition coefficient (Wildman–Crippen LogP) is 2.89. The molecule has 0 fully saturated rings. The third kappa shape index (κ3) is 2.46. The second-order valence-corrected chi connectivity index (χ2v) is 5.19. The number of nitrogens with one attached hydrogen (secondary N) is 1. The van der Waals surface area contributed by atoms with Crippen LogP contribution in [0.25, 0.3) is 5.69 Å². The van der Waals surface area contributed by atoms with E-state index in [4.69, 9.17) is 0 Å². The Hall–Kier alpha value is -2.47. The molecule has 0 saturated carbocycles. The van der Waals surface area contributed by atoms with Crippen LogP contribution < -0.4 is 5.32 Å². The Morgan fingerprint density at radius 1 is 1.25 bits per heavy atom. The first-order valence-electron chi connectivity index (χ1n) is 6.04. The van der Waals surface area contributed by atoms with Crippen LogP contribution >= 0.6 is 11.3 Å². The summed E-state index contributed by atoms with van der Waals surface area (Å²) in [4.78, 5) is 16.7. The molecule has 6 heteroatoms. The summed E-state index contributed by atoms with van der Waals surface area (Å²) in [6, 6.07) is 9.39. The molecule has 0 unspecified atom stereocenters. The van der Waals surface area contributed by atoms with E-state index in [-0.39, 0.29) is 5.91 Å². The molecule has 1 N–H and O–H groups in total. The van der Waals surface area contributed by atoms with E-state index in [0.29, 0.717) is 0 Å². The minimum atomic E-state index is -0.0778. The monoisotopic (exact) mass is 284 g/mol. The highest BCUT2D eigenvalue weighted by Gasteiger charge is 2.10. The van der Waals surface area contributed by atoms with Gasteiger partial charge in [0.2, 0.25) is 0 Å². The molecule has 0 atom stereocenters. The van der Waals surface area contributed by atoms with Gasteiger partial charge in [-0.25, -0.2) is 9.67 Å². The highest BCUT2D eigenvalue weighted by molar-refractivity contribution is 7.12. The van der Waals surface area contributed by atoms with Crippen LogP contribution in [0.1, 0.15) is 15.2 Å². The van der Waals surface area contributed by atoms with Gasteiger partial charge in [0.05, 0.1) is 10.6 Å². The van der Waals surface area contributed by atoms with Gasteiger partial charge in [-0.2, -0.15) is 5.10 Å². The zero-order valence-corrected chi connectivity index (χ0v) is 11.6. The highest BCUT2D eigenvalue weighted by Crippen LogP contribution is 2.18. The number of hydrogen-bond acceptors (Lipinski definition) is 4. The maximum absolute atomic E-state index is 12.1. The minimum Gasteiger partial charge on any atom is -0.321 e. The van der Waals surface area contributed by atoms with E-state index in [9.17, 15) is 4.79 Å². The molecule has 0 aliphatic rings. The molecule has 5 nitrogen and oxygen atoms in total. The van der Waals surface area contributed by atoms with Crippen molar-refractivity contribution in [2.24, 2.45) is 0 Å². The lowest BCUT2D eigenvalue weighted by atomic mass is 10.2. The first-order chi connectivity index (χ1) is 9.74. The molecule has 0 spiro atoms. The predicted molar refractivity (Wildman–Crippen MR) is 78.4 cm³/mol. The number of nitrogens with zero attached hydrogens (tertiary/aromatic N) is 3. The second-order valence-electron chi connectivity index (χ2n) is 4.27. The second kappa shape index (κ2) is 5.26. The molecule has 20 heavy (non-hydrogen) atoms. The maximum Gasteiger partial charge on any atom is 0.265 e. The van der Waals surface area contributed by atoms with Crippen molar-refractivity contribution in [1.82, 2.24) is 14.8 Å². The summed E-state index contributed by atoms with van der Waals surface area (Å²) >= 11 is 1.44. The third-order valence-corrected chi connectivity index (χ3v) is 3.89. The topological polar surface area (TPSA) is 59.8 Å². The van der Waals surface area contributed by atoms with Crippen LogP contribution in [0.2, 0.25) is 0 Å². The normalized spacial score (nSPS) is 10.4. The molecule has 100 valence electrons. The SMILES string of the molecule is Cc1ccsc1C(=O)Nc1ccc(-n2cncn2)cc1. The summed E-state index contributed by atoms with van der Waals surface area (Å²) < 4.78 is 1.66. The number of carbonyl (C=O) groups is 1. The third-order valence-electron chi connectivity index (χ3n) is 2.88. The Bertz CT molecular complexity index is 716. The fraction of sp³-hybridized carbons (Fsp3) is 0.0714. The van der Waals surface area contributed by atoms with E-state index in [2.05, 4.69) is 15.4 Å². The van der Waals surface area contributed by atoms with Crippen LogP contribution in [0.3, 0.4) is 0 Å². The fourth-order valence-electron chi connectivity index (χ4n) is 1.83. The van der Waals surface area contributed by atoms with Crippen LogP contribution in [-0.4, -0.2) is 20.7 Å². The molecule has 0 bridgehead atoms.